The van der Waals surface area contributed by atoms with Gasteiger partial charge in [0, 0.05) is 19.5 Å². The summed E-state index contributed by atoms with van der Waals surface area (Å²) in [6.45, 7) is 1.44. The molecule has 2 rings (SSSR count). The second kappa shape index (κ2) is 8.49. The van der Waals surface area contributed by atoms with Gasteiger partial charge in [0.15, 0.2) is 0 Å². The minimum atomic E-state index is -0.193. The van der Waals surface area contributed by atoms with E-state index in [1.54, 1.807) is 0 Å². The highest BCUT2D eigenvalue weighted by molar-refractivity contribution is 5.85. The minimum absolute atomic E-state index is 0. The van der Waals surface area contributed by atoms with Crippen molar-refractivity contribution < 1.29 is 4.79 Å². The SMILES string of the molecule is CNCCNC(=O)CCCc1ccc2[nH]c(=O)[nH]c2c1.Cl. The summed E-state index contributed by atoms with van der Waals surface area (Å²) in [6, 6.07) is 5.81. The lowest BCUT2D eigenvalue weighted by atomic mass is 10.1. The van der Waals surface area contributed by atoms with Gasteiger partial charge in [-0.25, -0.2) is 4.79 Å². The van der Waals surface area contributed by atoms with Crippen molar-refractivity contribution in [1.82, 2.24) is 20.6 Å². The maximum atomic E-state index is 11.5. The molecule has 21 heavy (non-hydrogen) atoms. The van der Waals surface area contributed by atoms with Gasteiger partial charge in [0.25, 0.3) is 0 Å². The number of H-pyrrole nitrogens is 2. The smallest absolute Gasteiger partial charge is 0.323 e. The van der Waals surface area contributed by atoms with E-state index < -0.39 is 0 Å². The Morgan fingerprint density at radius 2 is 1.95 bits per heavy atom. The highest BCUT2D eigenvalue weighted by Crippen LogP contribution is 2.12. The molecule has 1 aromatic carbocycles. The van der Waals surface area contributed by atoms with Crippen LogP contribution in [0.15, 0.2) is 23.0 Å². The number of carbonyl (C=O) groups is 1. The molecule has 0 saturated heterocycles. The molecule has 4 N–H and O–H groups in total. The Morgan fingerprint density at radius 1 is 1.19 bits per heavy atom. The van der Waals surface area contributed by atoms with E-state index in [2.05, 4.69) is 20.6 Å². The predicted octanol–water partition coefficient (Wildman–Crippen LogP) is 0.936. The zero-order valence-corrected chi connectivity index (χ0v) is 12.8. The lowest BCUT2D eigenvalue weighted by Gasteiger charge is -2.05. The molecule has 2 aromatic rings. The van der Waals surface area contributed by atoms with E-state index in [9.17, 15) is 9.59 Å². The van der Waals surface area contributed by atoms with Gasteiger partial charge >= 0.3 is 5.69 Å². The summed E-state index contributed by atoms with van der Waals surface area (Å²) in [5.74, 6) is 0.0800. The summed E-state index contributed by atoms with van der Waals surface area (Å²) in [7, 11) is 1.85. The van der Waals surface area contributed by atoms with E-state index in [1.165, 1.54) is 0 Å². The van der Waals surface area contributed by atoms with Crippen molar-refractivity contribution in [2.75, 3.05) is 20.1 Å². The van der Waals surface area contributed by atoms with Crippen LogP contribution in [-0.2, 0) is 11.2 Å². The molecule has 6 nitrogen and oxygen atoms in total. The normalized spacial score (nSPS) is 10.3. The first kappa shape index (κ1) is 17.3. The van der Waals surface area contributed by atoms with Crippen LogP contribution in [-0.4, -0.2) is 36.0 Å². The molecular weight excluding hydrogens is 292 g/mol. The molecule has 0 aliphatic rings. The van der Waals surface area contributed by atoms with Crippen LogP contribution in [0.25, 0.3) is 11.0 Å². The third-order valence-corrected chi connectivity index (χ3v) is 3.15. The van der Waals surface area contributed by atoms with Crippen LogP contribution in [0.1, 0.15) is 18.4 Å². The Kier molecular flexibility index (Phi) is 6.98. The number of likely N-dealkylation sites (N-methyl/N-ethyl adjacent to an activating group) is 1. The fourth-order valence-electron chi connectivity index (χ4n) is 2.10. The van der Waals surface area contributed by atoms with Crippen LogP contribution in [0.3, 0.4) is 0 Å². The van der Waals surface area contributed by atoms with Gasteiger partial charge in [-0.2, -0.15) is 0 Å². The molecule has 0 bridgehead atoms. The molecule has 0 saturated carbocycles. The van der Waals surface area contributed by atoms with Gasteiger partial charge in [-0.15, -0.1) is 12.4 Å². The largest absolute Gasteiger partial charge is 0.355 e. The molecule has 1 aromatic heterocycles. The highest BCUT2D eigenvalue weighted by atomic mass is 35.5. The monoisotopic (exact) mass is 312 g/mol. The van der Waals surface area contributed by atoms with Gasteiger partial charge in [-0.3, -0.25) is 4.79 Å². The third kappa shape index (κ3) is 5.24. The topological polar surface area (TPSA) is 89.8 Å². The second-order valence-electron chi connectivity index (χ2n) is 4.77. The molecule has 0 aliphatic heterocycles. The van der Waals surface area contributed by atoms with Crippen molar-refractivity contribution in [3.8, 4) is 0 Å². The lowest BCUT2D eigenvalue weighted by Crippen LogP contribution is -2.30. The molecule has 0 unspecified atom stereocenters. The van der Waals surface area contributed by atoms with Crippen molar-refractivity contribution in [3.63, 3.8) is 0 Å². The number of imidazole rings is 1. The number of benzene rings is 1. The number of amides is 1. The number of carbonyl (C=O) groups excluding carboxylic acids is 1. The maximum Gasteiger partial charge on any atom is 0.323 e. The standard InChI is InChI=1S/C14H20N4O2.ClH/c1-15-7-8-16-13(19)4-2-3-10-5-6-11-12(9-10)18-14(20)17-11;/h5-6,9,15H,2-4,7-8H2,1H3,(H,16,19)(H2,17,18,20);1H. The first-order valence-electron chi connectivity index (χ1n) is 6.81. The van der Waals surface area contributed by atoms with Crippen molar-refractivity contribution in [2.45, 2.75) is 19.3 Å². The molecule has 1 heterocycles. The van der Waals surface area contributed by atoms with Crippen LogP contribution in [0.2, 0.25) is 0 Å². The molecule has 1 amide bonds. The molecule has 0 spiro atoms. The Hall–Kier alpha value is -1.79. The lowest BCUT2D eigenvalue weighted by molar-refractivity contribution is -0.121. The van der Waals surface area contributed by atoms with Crippen molar-refractivity contribution in [3.05, 3.63) is 34.2 Å². The van der Waals surface area contributed by atoms with E-state index >= 15 is 0 Å². The van der Waals surface area contributed by atoms with Crippen LogP contribution in [0.5, 0.6) is 0 Å². The number of fused-ring (bicyclic) bond motifs is 1. The molecule has 0 radical (unpaired) electrons. The number of hydrogen-bond acceptors (Lipinski definition) is 3. The van der Waals surface area contributed by atoms with Gasteiger partial charge in [0.2, 0.25) is 5.91 Å². The van der Waals surface area contributed by atoms with Crippen molar-refractivity contribution in [2.24, 2.45) is 0 Å². The number of aromatic amines is 2. The Bertz CT molecular complexity index is 635. The predicted molar refractivity (Wildman–Crippen MR) is 86.0 cm³/mol. The maximum absolute atomic E-state index is 11.5. The zero-order valence-electron chi connectivity index (χ0n) is 12.0. The number of rotatable bonds is 7. The molecule has 0 atom stereocenters. The number of nitrogens with one attached hydrogen (secondary N) is 4. The fourth-order valence-corrected chi connectivity index (χ4v) is 2.10. The van der Waals surface area contributed by atoms with Gasteiger partial charge in [0.05, 0.1) is 11.0 Å². The van der Waals surface area contributed by atoms with Crippen LogP contribution >= 0.6 is 12.4 Å². The second-order valence-corrected chi connectivity index (χ2v) is 4.77. The molecule has 7 heteroatoms. The molecule has 0 fully saturated rings. The summed E-state index contributed by atoms with van der Waals surface area (Å²) in [5, 5.41) is 5.83. The summed E-state index contributed by atoms with van der Waals surface area (Å²) in [4.78, 5) is 28.1. The Labute approximate surface area is 129 Å². The first-order chi connectivity index (χ1) is 9.69. The van der Waals surface area contributed by atoms with E-state index in [-0.39, 0.29) is 24.0 Å². The molecule has 0 aliphatic carbocycles. The van der Waals surface area contributed by atoms with Gasteiger partial charge in [0.1, 0.15) is 0 Å². The Morgan fingerprint density at radius 3 is 2.71 bits per heavy atom. The van der Waals surface area contributed by atoms with E-state index in [1.807, 2.05) is 25.2 Å². The third-order valence-electron chi connectivity index (χ3n) is 3.15. The van der Waals surface area contributed by atoms with Crippen molar-refractivity contribution >= 4 is 29.3 Å². The number of aromatic nitrogens is 2. The highest BCUT2D eigenvalue weighted by Gasteiger charge is 2.03. The molecular formula is C14H21ClN4O2. The minimum Gasteiger partial charge on any atom is -0.355 e. The average molecular weight is 313 g/mol. The van der Waals surface area contributed by atoms with Crippen LogP contribution < -0.4 is 16.3 Å². The number of halogens is 1. The van der Waals surface area contributed by atoms with Gasteiger partial charge in [-0.1, -0.05) is 6.07 Å². The quantitative estimate of drug-likeness (QED) is 0.574. The van der Waals surface area contributed by atoms with E-state index in [0.717, 1.165) is 36.0 Å². The number of aryl methyl sites for hydroxylation is 1. The van der Waals surface area contributed by atoms with Crippen LogP contribution in [0, 0.1) is 0 Å². The van der Waals surface area contributed by atoms with Gasteiger partial charge < -0.3 is 20.6 Å². The fraction of sp³-hybridized carbons (Fsp3) is 0.429. The Balaban J connectivity index is 0.00000220. The van der Waals surface area contributed by atoms with E-state index in [0.29, 0.717) is 13.0 Å². The summed E-state index contributed by atoms with van der Waals surface area (Å²) in [6.07, 6.45) is 2.14. The first-order valence-corrected chi connectivity index (χ1v) is 6.81. The summed E-state index contributed by atoms with van der Waals surface area (Å²) >= 11 is 0. The van der Waals surface area contributed by atoms with Gasteiger partial charge in [-0.05, 0) is 37.6 Å². The van der Waals surface area contributed by atoms with Crippen molar-refractivity contribution in [1.29, 1.82) is 0 Å². The zero-order chi connectivity index (χ0) is 14.4. The summed E-state index contributed by atoms with van der Waals surface area (Å²) in [5.41, 5.74) is 2.55. The average Bonchev–Trinajstić information content (AvgIpc) is 2.78. The van der Waals surface area contributed by atoms with Crippen LogP contribution in [0.4, 0.5) is 0 Å². The summed E-state index contributed by atoms with van der Waals surface area (Å²) < 4.78 is 0. The number of hydrogen-bond donors (Lipinski definition) is 4. The molecule has 116 valence electrons. The van der Waals surface area contributed by atoms with E-state index in [4.69, 9.17) is 0 Å².